The Morgan fingerprint density at radius 3 is 2.45 bits per heavy atom. The number of aryl methyl sites for hydroxylation is 1. The molecule has 0 atom stereocenters. The van der Waals surface area contributed by atoms with Gasteiger partial charge in [-0.25, -0.2) is 8.42 Å². The van der Waals surface area contributed by atoms with Gasteiger partial charge in [0.2, 0.25) is 0 Å². The van der Waals surface area contributed by atoms with Crippen molar-refractivity contribution in [2.75, 3.05) is 4.72 Å². The number of hydrogen-bond donors (Lipinski definition) is 1. The predicted octanol–water partition coefficient (Wildman–Crippen LogP) is 1.61. The monoisotopic (exact) mass is 296 g/mol. The minimum atomic E-state index is -3.80. The van der Waals surface area contributed by atoms with E-state index in [1.54, 1.807) is 10.9 Å². The summed E-state index contributed by atoms with van der Waals surface area (Å²) < 4.78 is 28.0. The Kier molecular flexibility index (Phi) is 3.70. The maximum Gasteiger partial charge on any atom is 0.269 e. The summed E-state index contributed by atoms with van der Waals surface area (Å²) in [5.41, 5.74) is -0.167. The molecule has 0 bridgehead atoms. The summed E-state index contributed by atoms with van der Waals surface area (Å²) in [5, 5.41) is 14.5. The van der Waals surface area contributed by atoms with Gasteiger partial charge in [0.25, 0.3) is 15.7 Å². The fraction of sp³-hybridized carbons (Fsp3) is 0.182. The summed E-state index contributed by atoms with van der Waals surface area (Å²) in [5.74, 6) is 0.199. The topological polar surface area (TPSA) is 107 Å². The van der Waals surface area contributed by atoms with Gasteiger partial charge in [0.15, 0.2) is 5.82 Å². The lowest BCUT2D eigenvalue weighted by Crippen LogP contribution is -2.13. The molecule has 0 aliphatic carbocycles. The molecule has 106 valence electrons. The molecule has 0 saturated carbocycles. The Morgan fingerprint density at radius 1 is 1.30 bits per heavy atom. The number of nitrogens with zero attached hydrogens (tertiary/aromatic N) is 3. The molecule has 20 heavy (non-hydrogen) atoms. The van der Waals surface area contributed by atoms with Crippen molar-refractivity contribution in [3.8, 4) is 0 Å². The van der Waals surface area contributed by atoms with Crippen molar-refractivity contribution < 1.29 is 13.3 Å². The van der Waals surface area contributed by atoms with E-state index in [1.807, 2.05) is 6.92 Å². The lowest BCUT2D eigenvalue weighted by atomic mass is 10.3. The van der Waals surface area contributed by atoms with Crippen molar-refractivity contribution in [2.45, 2.75) is 18.4 Å². The average Bonchev–Trinajstić information content (AvgIpc) is 2.85. The van der Waals surface area contributed by atoms with Crippen LogP contribution in [0, 0.1) is 10.1 Å². The van der Waals surface area contributed by atoms with Crippen LogP contribution >= 0.6 is 0 Å². The van der Waals surface area contributed by atoms with Gasteiger partial charge in [-0.1, -0.05) is 0 Å². The Hall–Kier alpha value is -2.42. The fourth-order valence-corrected chi connectivity index (χ4v) is 2.53. The number of non-ortho nitro benzene ring substituents is 1. The van der Waals surface area contributed by atoms with E-state index in [-0.39, 0.29) is 16.4 Å². The molecule has 0 unspecified atom stereocenters. The maximum atomic E-state index is 12.1. The molecule has 1 heterocycles. The van der Waals surface area contributed by atoms with Crippen LogP contribution in [-0.2, 0) is 16.6 Å². The van der Waals surface area contributed by atoms with Crippen molar-refractivity contribution in [3.63, 3.8) is 0 Å². The van der Waals surface area contributed by atoms with Crippen molar-refractivity contribution in [3.05, 3.63) is 46.6 Å². The lowest BCUT2D eigenvalue weighted by Gasteiger charge is -2.05. The van der Waals surface area contributed by atoms with Gasteiger partial charge in [0.1, 0.15) is 0 Å². The van der Waals surface area contributed by atoms with Crippen LogP contribution in [0.15, 0.2) is 41.4 Å². The minimum absolute atomic E-state index is 0.0610. The Morgan fingerprint density at radius 2 is 1.95 bits per heavy atom. The first kappa shape index (κ1) is 14.0. The van der Waals surface area contributed by atoms with Gasteiger partial charge >= 0.3 is 0 Å². The number of aromatic nitrogens is 2. The molecule has 1 N–H and O–H groups in total. The largest absolute Gasteiger partial charge is 0.271 e. The molecule has 0 amide bonds. The summed E-state index contributed by atoms with van der Waals surface area (Å²) in [4.78, 5) is 9.86. The number of nitrogens with one attached hydrogen (secondary N) is 1. The molecule has 0 aliphatic rings. The Bertz CT molecular complexity index is 721. The van der Waals surface area contributed by atoms with Crippen molar-refractivity contribution in [1.29, 1.82) is 0 Å². The zero-order valence-corrected chi connectivity index (χ0v) is 11.4. The second-order valence-corrected chi connectivity index (χ2v) is 5.60. The number of rotatable bonds is 5. The van der Waals surface area contributed by atoms with Crippen LogP contribution in [0.3, 0.4) is 0 Å². The normalized spacial score (nSPS) is 11.2. The molecule has 9 heteroatoms. The van der Waals surface area contributed by atoms with Gasteiger partial charge in [0, 0.05) is 30.9 Å². The predicted molar refractivity (Wildman–Crippen MR) is 71.8 cm³/mol. The van der Waals surface area contributed by atoms with E-state index in [4.69, 9.17) is 0 Å². The zero-order valence-electron chi connectivity index (χ0n) is 10.6. The van der Waals surface area contributed by atoms with Crippen molar-refractivity contribution >= 4 is 21.5 Å². The third-order valence-corrected chi connectivity index (χ3v) is 3.93. The first-order chi connectivity index (χ1) is 9.42. The van der Waals surface area contributed by atoms with Crippen LogP contribution in [0.5, 0.6) is 0 Å². The van der Waals surface area contributed by atoms with Crippen LogP contribution in [0.2, 0.25) is 0 Å². The number of benzene rings is 1. The fourth-order valence-electron chi connectivity index (χ4n) is 1.54. The Labute approximate surface area is 115 Å². The van der Waals surface area contributed by atoms with E-state index in [9.17, 15) is 18.5 Å². The standard InChI is InChI=1S/C11H12N4O4S/c1-2-14-8-7-11(12-14)13-20(18,19)10-5-3-9(4-6-10)15(16)17/h3-8H,2H2,1H3,(H,12,13). The maximum absolute atomic E-state index is 12.1. The zero-order chi connectivity index (χ0) is 14.8. The van der Waals surface area contributed by atoms with Crippen molar-refractivity contribution in [2.24, 2.45) is 0 Å². The van der Waals surface area contributed by atoms with E-state index in [0.717, 1.165) is 12.1 Å². The molecule has 0 spiro atoms. The molecule has 0 saturated heterocycles. The molecule has 2 aromatic rings. The smallest absolute Gasteiger partial charge is 0.269 e. The average molecular weight is 296 g/mol. The van der Waals surface area contributed by atoms with Gasteiger partial charge in [-0.2, -0.15) is 5.10 Å². The lowest BCUT2D eigenvalue weighted by molar-refractivity contribution is -0.384. The van der Waals surface area contributed by atoms with Crippen LogP contribution in [0.1, 0.15) is 6.92 Å². The number of nitro groups is 1. The number of anilines is 1. The van der Waals surface area contributed by atoms with Crippen LogP contribution < -0.4 is 4.72 Å². The second-order valence-electron chi connectivity index (χ2n) is 3.91. The van der Waals surface area contributed by atoms with E-state index < -0.39 is 14.9 Å². The summed E-state index contributed by atoms with van der Waals surface area (Å²) in [7, 11) is -3.80. The highest BCUT2D eigenvalue weighted by Gasteiger charge is 2.17. The molecular weight excluding hydrogens is 284 g/mol. The van der Waals surface area contributed by atoms with E-state index in [1.165, 1.54) is 18.2 Å². The third-order valence-electron chi connectivity index (χ3n) is 2.56. The van der Waals surface area contributed by atoms with E-state index >= 15 is 0 Å². The molecule has 1 aromatic heterocycles. The van der Waals surface area contributed by atoms with Crippen LogP contribution in [0.4, 0.5) is 11.5 Å². The van der Waals surface area contributed by atoms with Gasteiger partial charge in [-0.05, 0) is 19.1 Å². The van der Waals surface area contributed by atoms with Gasteiger partial charge in [0.05, 0.1) is 9.82 Å². The van der Waals surface area contributed by atoms with E-state index in [2.05, 4.69) is 9.82 Å². The highest BCUT2D eigenvalue weighted by atomic mass is 32.2. The first-order valence-electron chi connectivity index (χ1n) is 5.73. The van der Waals surface area contributed by atoms with Crippen molar-refractivity contribution in [1.82, 2.24) is 9.78 Å². The molecule has 8 nitrogen and oxygen atoms in total. The van der Waals surface area contributed by atoms with Crippen LogP contribution in [-0.4, -0.2) is 23.1 Å². The molecule has 0 radical (unpaired) electrons. The number of nitro benzene ring substituents is 1. The summed E-state index contributed by atoms with van der Waals surface area (Å²) >= 11 is 0. The quantitative estimate of drug-likeness (QED) is 0.666. The third kappa shape index (κ3) is 2.94. The molecule has 1 aromatic carbocycles. The SMILES string of the molecule is CCn1ccc(NS(=O)(=O)c2ccc([N+](=O)[O-])cc2)n1. The second kappa shape index (κ2) is 5.29. The van der Waals surface area contributed by atoms with Gasteiger partial charge < -0.3 is 0 Å². The van der Waals surface area contributed by atoms with Gasteiger partial charge in [-0.15, -0.1) is 0 Å². The number of sulfonamides is 1. The summed E-state index contributed by atoms with van der Waals surface area (Å²) in [6.45, 7) is 2.50. The molecular formula is C11H12N4O4S. The molecule has 0 aliphatic heterocycles. The molecule has 2 rings (SSSR count). The first-order valence-corrected chi connectivity index (χ1v) is 7.21. The minimum Gasteiger partial charge on any atom is -0.271 e. The van der Waals surface area contributed by atoms with E-state index in [0.29, 0.717) is 6.54 Å². The van der Waals surface area contributed by atoms with Crippen LogP contribution in [0.25, 0.3) is 0 Å². The number of hydrogen-bond acceptors (Lipinski definition) is 5. The summed E-state index contributed by atoms with van der Waals surface area (Å²) in [6.07, 6.45) is 1.65. The summed E-state index contributed by atoms with van der Waals surface area (Å²) in [6, 6.07) is 6.17. The highest BCUT2D eigenvalue weighted by molar-refractivity contribution is 7.92. The van der Waals surface area contributed by atoms with Gasteiger partial charge in [-0.3, -0.25) is 19.5 Å². The Balaban J connectivity index is 2.23. The highest BCUT2D eigenvalue weighted by Crippen LogP contribution is 2.18. The molecule has 0 fully saturated rings.